The Morgan fingerprint density at radius 3 is 2.33 bits per heavy atom. The average molecular weight is 448 g/mol. The summed E-state index contributed by atoms with van der Waals surface area (Å²) < 4.78 is 18.8. The minimum absolute atomic E-state index is 0.0921. The molecule has 0 saturated carbocycles. The van der Waals surface area contributed by atoms with Crippen LogP contribution in [0.3, 0.4) is 0 Å². The molecular formula is C23H20Cl2FNO3. The third-order valence-electron chi connectivity index (χ3n) is 4.64. The molecule has 0 aliphatic carbocycles. The zero-order valence-electron chi connectivity index (χ0n) is 16.4. The number of phenols is 1. The van der Waals surface area contributed by atoms with Crippen molar-refractivity contribution in [2.45, 2.75) is 19.4 Å². The van der Waals surface area contributed by atoms with Crippen molar-refractivity contribution in [2.75, 3.05) is 7.05 Å². The van der Waals surface area contributed by atoms with E-state index < -0.39 is 6.10 Å². The Bertz CT molecular complexity index is 1050. The third kappa shape index (κ3) is 5.04. The van der Waals surface area contributed by atoms with Crippen molar-refractivity contribution >= 4 is 29.1 Å². The van der Waals surface area contributed by atoms with E-state index in [-0.39, 0.29) is 17.5 Å². The summed E-state index contributed by atoms with van der Waals surface area (Å²) in [5.41, 5.74) is 2.83. The van der Waals surface area contributed by atoms with E-state index in [1.807, 2.05) is 6.07 Å². The van der Waals surface area contributed by atoms with E-state index in [2.05, 4.69) is 5.32 Å². The molecular weight excluding hydrogens is 428 g/mol. The van der Waals surface area contributed by atoms with Crippen LogP contribution in [0.25, 0.3) is 11.1 Å². The number of carbonyl (C=O) groups excluding carboxylic acids is 1. The quantitative estimate of drug-likeness (QED) is 0.516. The number of halogens is 3. The first-order chi connectivity index (χ1) is 14.3. The minimum atomic E-state index is -0.691. The van der Waals surface area contributed by atoms with Crippen LogP contribution in [0.2, 0.25) is 10.0 Å². The molecule has 0 aliphatic heterocycles. The van der Waals surface area contributed by atoms with Gasteiger partial charge in [0.1, 0.15) is 17.3 Å². The van der Waals surface area contributed by atoms with Gasteiger partial charge in [-0.15, -0.1) is 0 Å². The molecule has 0 saturated heterocycles. The molecule has 3 aromatic rings. The van der Waals surface area contributed by atoms with E-state index in [0.717, 1.165) is 5.56 Å². The molecule has 1 atom stereocenters. The highest BCUT2D eigenvalue weighted by atomic mass is 35.5. The van der Waals surface area contributed by atoms with Crippen molar-refractivity contribution in [1.82, 2.24) is 5.32 Å². The molecule has 3 rings (SSSR count). The second kappa shape index (κ2) is 9.37. The summed E-state index contributed by atoms with van der Waals surface area (Å²) in [6, 6.07) is 14.3. The van der Waals surface area contributed by atoms with Crippen LogP contribution in [0.15, 0.2) is 54.6 Å². The van der Waals surface area contributed by atoms with Gasteiger partial charge >= 0.3 is 0 Å². The van der Waals surface area contributed by atoms with Gasteiger partial charge in [-0.2, -0.15) is 0 Å². The van der Waals surface area contributed by atoms with Gasteiger partial charge in [-0.3, -0.25) is 4.79 Å². The van der Waals surface area contributed by atoms with Crippen LogP contribution >= 0.6 is 23.2 Å². The number of benzene rings is 3. The van der Waals surface area contributed by atoms with E-state index in [0.29, 0.717) is 38.9 Å². The lowest BCUT2D eigenvalue weighted by Crippen LogP contribution is -2.33. The summed E-state index contributed by atoms with van der Waals surface area (Å²) in [6.45, 7) is 1.63. The fourth-order valence-electron chi connectivity index (χ4n) is 3.04. The van der Waals surface area contributed by atoms with Crippen molar-refractivity contribution < 1.29 is 19.0 Å². The Hall–Kier alpha value is -2.76. The molecule has 0 aromatic heterocycles. The largest absolute Gasteiger partial charge is 0.507 e. The number of nitrogens with one attached hydrogen (secondary N) is 1. The van der Waals surface area contributed by atoms with Crippen molar-refractivity contribution in [2.24, 2.45) is 0 Å². The van der Waals surface area contributed by atoms with Gasteiger partial charge in [0.2, 0.25) is 0 Å². The molecule has 0 radical (unpaired) electrons. The van der Waals surface area contributed by atoms with Crippen LogP contribution < -0.4 is 10.1 Å². The van der Waals surface area contributed by atoms with Crippen LogP contribution in [0.1, 0.15) is 18.1 Å². The fraction of sp³-hybridized carbons (Fsp3) is 0.174. The van der Waals surface area contributed by atoms with Crippen LogP contribution in [0.5, 0.6) is 11.5 Å². The number of hydrogen-bond donors (Lipinski definition) is 2. The molecule has 0 spiro atoms. The standard InChI is InChI=1S/C23H20Cl2FNO3/c1-13(23(29)27-2)30-17-11-20(24)19(21(25)12-17)10-14-3-8-22(28)18(9-14)15-4-6-16(26)7-5-15/h3-9,11-13,28H,10H2,1-2H3,(H,27,29)/t13-/m1/s1. The smallest absolute Gasteiger partial charge is 0.260 e. The van der Waals surface area contributed by atoms with Crippen molar-refractivity contribution in [3.8, 4) is 22.6 Å². The lowest BCUT2D eigenvalue weighted by Gasteiger charge is -2.16. The summed E-state index contributed by atoms with van der Waals surface area (Å²) in [5.74, 6) is -0.123. The maximum absolute atomic E-state index is 13.2. The first-order valence-corrected chi connectivity index (χ1v) is 9.98. The van der Waals surface area contributed by atoms with Gasteiger partial charge in [0, 0.05) is 29.1 Å². The van der Waals surface area contributed by atoms with Crippen LogP contribution in [-0.4, -0.2) is 24.2 Å². The predicted octanol–water partition coefficient (Wildman–Crippen LogP) is 5.61. The molecule has 2 N–H and O–H groups in total. The molecule has 30 heavy (non-hydrogen) atoms. The third-order valence-corrected chi connectivity index (χ3v) is 5.31. The van der Waals surface area contributed by atoms with E-state index in [1.165, 1.54) is 19.2 Å². The Morgan fingerprint density at radius 1 is 1.10 bits per heavy atom. The summed E-state index contributed by atoms with van der Waals surface area (Å²) in [5, 5.41) is 13.5. The Morgan fingerprint density at radius 2 is 1.73 bits per heavy atom. The lowest BCUT2D eigenvalue weighted by atomic mass is 9.98. The highest BCUT2D eigenvalue weighted by Gasteiger charge is 2.16. The fourth-order valence-corrected chi connectivity index (χ4v) is 3.64. The molecule has 0 bridgehead atoms. The first kappa shape index (κ1) is 21.9. The van der Waals surface area contributed by atoms with Crippen molar-refractivity contribution in [3.05, 3.63) is 81.6 Å². The summed E-state index contributed by atoms with van der Waals surface area (Å²) in [4.78, 5) is 11.6. The first-order valence-electron chi connectivity index (χ1n) is 9.22. The topological polar surface area (TPSA) is 58.6 Å². The van der Waals surface area contributed by atoms with Gasteiger partial charge in [0.25, 0.3) is 5.91 Å². The normalized spacial score (nSPS) is 11.8. The van der Waals surface area contributed by atoms with Crippen molar-refractivity contribution in [3.63, 3.8) is 0 Å². The highest BCUT2D eigenvalue weighted by molar-refractivity contribution is 6.36. The Labute approximate surface area is 184 Å². The van der Waals surface area contributed by atoms with Gasteiger partial charge in [-0.25, -0.2) is 4.39 Å². The van der Waals surface area contributed by atoms with Crippen LogP contribution in [-0.2, 0) is 11.2 Å². The van der Waals surface area contributed by atoms with Gasteiger partial charge in [0.15, 0.2) is 6.10 Å². The number of likely N-dealkylation sites (N-methyl/N-ethyl adjacent to an activating group) is 1. The number of carbonyl (C=O) groups is 1. The monoisotopic (exact) mass is 447 g/mol. The molecule has 7 heteroatoms. The molecule has 0 fully saturated rings. The van der Waals surface area contributed by atoms with E-state index in [1.54, 1.807) is 43.3 Å². The number of ether oxygens (including phenoxy) is 1. The molecule has 0 heterocycles. The molecule has 3 aromatic carbocycles. The average Bonchev–Trinajstić information content (AvgIpc) is 2.72. The van der Waals surface area contributed by atoms with Gasteiger partial charge < -0.3 is 15.2 Å². The molecule has 0 aliphatic rings. The van der Waals surface area contributed by atoms with Crippen molar-refractivity contribution in [1.29, 1.82) is 0 Å². The second-order valence-corrected chi connectivity index (χ2v) is 7.59. The summed E-state index contributed by atoms with van der Waals surface area (Å²) in [6.07, 6.45) is -0.277. The predicted molar refractivity (Wildman–Crippen MR) is 117 cm³/mol. The number of amides is 1. The number of aromatic hydroxyl groups is 1. The van der Waals surface area contributed by atoms with Gasteiger partial charge in [0.05, 0.1) is 0 Å². The zero-order valence-corrected chi connectivity index (χ0v) is 17.9. The van der Waals surface area contributed by atoms with E-state index in [4.69, 9.17) is 27.9 Å². The number of hydrogen-bond acceptors (Lipinski definition) is 3. The minimum Gasteiger partial charge on any atom is -0.507 e. The summed E-state index contributed by atoms with van der Waals surface area (Å²) in [7, 11) is 1.53. The highest BCUT2D eigenvalue weighted by Crippen LogP contribution is 2.35. The maximum atomic E-state index is 13.2. The van der Waals surface area contributed by atoms with Crippen LogP contribution in [0.4, 0.5) is 4.39 Å². The molecule has 1 amide bonds. The lowest BCUT2D eigenvalue weighted by molar-refractivity contribution is -0.126. The summed E-state index contributed by atoms with van der Waals surface area (Å²) >= 11 is 12.9. The zero-order chi connectivity index (χ0) is 21.8. The second-order valence-electron chi connectivity index (χ2n) is 6.77. The Balaban J connectivity index is 1.87. The van der Waals surface area contributed by atoms with Gasteiger partial charge in [-0.05, 0) is 60.0 Å². The molecule has 4 nitrogen and oxygen atoms in total. The maximum Gasteiger partial charge on any atom is 0.260 e. The van der Waals surface area contributed by atoms with Crippen LogP contribution in [0, 0.1) is 5.82 Å². The number of rotatable bonds is 6. The SMILES string of the molecule is CNC(=O)[C@@H](C)Oc1cc(Cl)c(Cc2ccc(O)c(-c3ccc(F)cc3)c2)c(Cl)c1. The van der Waals surface area contributed by atoms with E-state index >= 15 is 0 Å². The van der Waals surface area contributed by atoms with E-state index in [9.17, 15) is 14.3 Å². The van der Waals surface area contributed by atoms with Gasteiger partial charge in [-0.1, -0.05) is 41.4 Å². The number of phenolic OH excluding ortho intramolecular Hbond substituents is 1. The molecule has 156 valence electrons. The molecule has 0 unspecified atom stereocenters. The Kier molecular flexibility index (Phi) is 6.85.